The Bertz CT molecular complexity index is 723. The first-order valence-corrected chi connectivity index (χ1v) is 6.27. The minimum atomic E-state index is 0.0434. The summed E-state index contributed by atoms with van der Waals surface area (Å²) in [7, 11) is 0. The highest BCUT2D eigenvalue weighted by Gasteiger charge is 2.04. The van der Waals surface area contributed by atoms with Gasteiger partial charge in [0.2, 0.25) is 0 Å². The van der Waals surface area contributed by atoms with Gasteiger partial charge in [0, 0.05) is 17.2 Å². The number of para-hydroxylation sites is 1. The van der Waals surface area contributed by atoms with Crippen molar-refractivity contribution in [3.63, 3.8) is 0 Å². The summed E-state index contributed by atoms with van der Waals surface area (Å²) in [6, 6.07) is 9.97. The van der Waals surface area contributed by atoms with Gasteiger partial charge < -0.3 is 0 Å². The van der Waals surface area contributed by atoms with Gasteiger partial charge in [-0.1, -0.05) is 36.4 Å². The molecule has 0 amide bonds. The third kappa shape index (κ3) is 2.52. The van der Waals surface area contributed by atoms with Gasteiger partial charge >= 0.3 is 0 Å². The Morgan fingerprint density at radius 2 is 2.16 bits per heavy atom. The first-order valence-electron chi connectivity index (χ1n) is 6.27. The number of rotatable bonds is 3. The van der Waals surface area contributed by atoms with Gasteiger partial charge in [-0.2, -0.15) is 0 Å². The average molecular weight is 247 g/mol. The molecule has 0 spiro atoms. The number of hydrogen-bond donors (Lipinski definition) is 0. The number of fused-ring (bicyclic) bond motifs is 1. The van der Waals surface area contributed by atoms with E-state index in [1.165, 1.54) is 0 Å². The van der Waals surface area contributed by atoms with Crippen LogP contribution in [0.4, 0.5) is 0 Å². The van der Waals surface area contributed by atoms with E-state index < -0.39 is 0 Å². The molecule has 0 saturated heterocycles. The zero-order valence-electron chi connectivity index (χ0n) is 10.4. The van der Waals surface area contributed by atoms with Crippen molar-refractivity contribution in [1.82, 2.24) is 4.98 Å². The van der Waals surface area contributed by atoms with Crippen LogP contribution in [0.1, 0.15) is 12.0 Å². The molecule has 1 aromatic heterocycles. The highest BCUT2D eigenvalue weighted by atomic mass is 16.1. The molecule has 0 aliphatic heterocycles. The van der Waals surface area contributed by atoms with Crippen LogP contribution in [-0.2, 0) is 4.79 Å². The molecule has 0 fully saturated rings. The number of ketones is 1. The van der Waals surface area contributed by atoms with Gasteiger partial charge in [0.1, 0.15) is 0 Å². The van der Waals surface area contributed by atoms with E-state index in [9.17, 15) is 4.79 Å². The molecular formula is C17H13NO. The summed E-state index contributed by atoms with van der Waals surface area (Å²) in [4.78, 5) is 16.2. The smallest absolute Gasteiger partial charge is 0.185 e. The van der Waals surface area contributed by atoms with Gasteiger partial charge in [-0.3, -0.25) is 9.78 Å². The summed E-state index contributed by atoms with van der Waals surface area (Å²) in [6.45, 7) is 0. The molecule has 1 aromatic carbocycles. The van der Waals surface area contributed by atoms with Crippen molar-refractivity contribution in [2.24, 2.45) is 0 Å². The van der Waals surface area contributed by atoms with Crippen LogP contribution < -0.4 is 0 Å². The Morgan fingerprint density at radius 1 is 1.26 bits per heavy atom. The Kier molecular flexibility index (Phi) is 3.07. The Labute approximate surface area is 111 Å². The second-order valence-corrected chi connectivity index (χ2v) is 4.46. The predicted octanol–water partition coefficient (Wildman–Crippen LogP) is 3.70. The van der Waals surface area contributed by atoms with E-state index in [4.69, 9.17) is 0 Å². The monoisotopic (exact) mass is 247 g/mol. The molecule has 1 aliphatic carbocycles. The van der Waals surface area contributed by atoms with E-state index in [1.807, 2.05) is 54.6 Å². The fourth-order valence-corrected chi connectivity index (χ4v) is 2.09. The number of nitrogens with zero attached hydrogens (tertiary/aromatic N) is 1. The van der Waals surface area contributed by atoms with Gasteiger partial charge in [0.25, 0.3) is 0 Å². The lowest BCUT2D eigenvalue weighted by atomic mass is 10.1. The normalized spacial score (nSPS) is 14.2. The first-order chi connectivity index (χ1) is 9.33. The summed E-state index contributed by atoms with van der Waals surface area (Å²) in [6.07, 6.45) is 11.8. The molecule has 2 nitrogen and oxygen atoms in total. The second kappa shape index (κ2) is 5.02. The Hall–Kier alpha value is -2.48. The van der Waals surface area contributed by atoms with Crippen LogP contribution in [0.2, 0.25) is 0 Å². The molecule has 0 saturated carbocycles. The van der Waals surface area contributed by atoms with Gasteiger partial charge in [-0.05, 0) is 36.3 Å². The van der Waals surface area contributed by atoms with Crippen LogP contribution >= 0.6 is 0 Å². The first kappa shape index (κ1) is 11.6. The fourth-order valence-electron chi connectivity index (χ4n) is 2.09. The fraction of sp³-hybridized carbons (Fsp3) is 0.0588. The van der Waals surface area contributed by atoms with Gasteiger partial charge in [-0.15, -0.1) is 0 Å². The summed E-state index contributed by atoms with van der Waals surface area (Å²) in [5, 5.41) is 1.08. The van der Waals surface area contributed by atoms with Crippen LogP contribution in [0, 0.1) is 0 Å². The Balaban J connectivity index is 1.84. The van der Waals surface area contributed by atoms with Crippen molar-refractivity contribution < 1.29 is 4.79 Å². The molecule has 0 N–H and O–H groups in total. The van der Waals surface area contributed by atoms with Gasteiger partial charge in [-0.25, -0.2) is 0 Å². The molecule has 19 heavy (non-hydrogen) atoms. The van der Waals surface area contributed by atoms with Crippen LogP contribution in [0.15, 0.2) is 66.4 Å². The highest BCUT2D eigenvalue weighted by molar-refractivity contribution is 6.08. The summed E-state index contributed by atoms with van der Waals surface area (Å²) < 4.78 is 0. The molecule has 3 rings (SSSR count). The van der Waals surface area contributed by atoms with E-state index in [0.29, 0.717) is 0 Å². The maximum atomic E-state index is 11.9. The molecule has 2 heteroatoms. The molecular weight excluding hydrogens is 234 g/mol. The number of carbonyl (C=O) groups is 1. The third-order valence-electron chi connectivity index (χ3n) is 3.09. The van der Waals surface area contributed by atoms with E-state index in [2.05, 4.69) is 4.98 Å². The zero-order valence-corrected chi connectivity index (χ0v) is 10.4. The SMILES string of the molecule is O=C(/C=C/c1cnc2ccccc2c1)C1=CCC=C1. The van der Waals surface area contributed by atoms with Crippen LogP contribution in [-0.4, -0.2) is 10.8 Å². The summed E-state index contributed by atoms with van der Waals surface area (Å²) >= 11 is 0. The maximum absolute atomic E-state index is 11.9. The lowest BCUT2D eigenvalue weighted by Gasteiger charge is -1.98. The number of benzene rings is 1. The van der Waals surface area contributed by atoms with Crippen LogP contribution in [0.25, 0.3) is 17.0 Å². The van der Waals surface area contributed by atoms with Gasteiger partial charge in [0.05, 0.1) is 5.52 Å². The summed E-state index contributed by atoms with van der Waals surface area (Å²) in [5.74, 6) is 0.0434. The lowest BCUT2D eigenvalue weighted by molar-refractivity contribution is -0.111. The number of allylic oxidation sites excluding steroid dienone is 5. The molecule has 0 unspecified atom stereocenters. The van der Waals surface area contributed by atoms with Crippen molar-refractivity contribution in [2.45, 2.75) is 6.42 Å². The topological polar surface area (TPSA) is 30.0 Å². The van der Waals surface area contributed by atoms with Crippen molar-refractivity contribution in [3.05, 3.63) is 72.0 Å². The number of hydrogen-bond acceptors (Lipinski definition) is 2. The van der Waals surface area contributed by atoms with Crippen molar-refractivity contribution in [1.29, 1.82) is 0 Å². The lowest BCUT2D eigenvalue weighted by Crippen LogP contribution is -1.93. The third-order valence-corrected chi connectivity index (χ3v) is 3.09. The quantitative estimate of drug-likeness (QED) is 0.774. The Morgan fingerprint density at radius 3 is 3.00 bits per heavy atom. The molecule has 2 aromatic rings. The summed E-state index contributed by atoms with van der Waals surface area (Å²) in [5.41, 5.74) is 2.67. The van der Waals surface area contributed by atoms with E-state index in [-0.39, 0.29) is 5.78 Å². The predicted molar refractivity (Wildman–Crippen MR) is 77.6 cm³/mol. The molecule has 0 radical (unpaired) electrons. The number of pyridine rings is 1. The average Bonchev–Trinajstić information content (AvgIpc) is 2.99. The van der Waals surface area contributed by atoms with Crippen molar-refractivity contribution >= 4 is 22.8 Å². The highest BCUT2D eigenvalue weighted by Crippen LogP contribution is 2.15. The second-order valence-electron chi connectivity index (χ2n) is 4.46. The van der Waals surface area contributed by atoms with E-state index in [1.54, 1.807) is 12.3 Å². The molecule has 1 heterocycles. The standard InChI is InChI=1S/C17H13NO/c19-17(14-5-1-2-6-14)10-9-13-11-15-7-3-4-8-16(15)18-12-13/h1,3-12H,2H2/b10-9+. The van der Waals surface area contributed by atoms with Gasteiger partial charge in [0.15, 0.2) is 5.78 Å². The van der Waals surface area contributed by atoms with Crippen molar-refractivity contribution in [3.8, 4) is 0 Å². The van der Waals surface area contributed by atoms with E-state index >= 15 is 0 Å². The number of carbonyl (C=O) groups excluding carboxylic acids is 1. The minimum absolute atomic E-state index is 0.0434. The molecule has 0 atom stereocenters. The van der Waals surface area contributed by atoms with E-state index in [0.717, 1.165) is 28.5 Å². The van der Waals surface area contributed by atoms with Crippen LogP contribution in [0.3, 0.4) is 0 Å². The molecule has 1 aliphatic rings. The van der Waals surface area contributed by atoms with Crippen molar-refractivity contribution in [2.75, 3.05) is 0 Å². The van der Waals surface area contributed by atoms with Crippen LogP contribution in [0.5, 0.6) is 0 Å². The maximum Gasteiger partial charge on any atom is 0.185 e. The molecule has 0 bridgehead atoms. The zero-order chi connectivity index (χ0) is 13.1. The molecule has 92 valence electrons. The minimum Gasteiger partial charge on any atom is -0.289 e. The largest absolute Gasteiger partial charge is 0.289 e. The number of aromatic nitrogens is 1.